The second-order valence-corrected chi connectivity index (χ2v) is 6.30. The standard InChI is InChI=1S/C20H25N3O4/c1-25-9-7-21-16-4-5-17(22-12-16)20(24)23-8-6-14-10-18(26-2)19(27-3)11-15(14)13-23/h4-5,10-12,21H,6-9,13H2,1-3H3. The van der Waals surface area contributed by atoms with E-state index in [2.05, 4.69) is 10.3 Å². The van der Waals surface area contributed by atoms with Crippen molar-refractivity contribution < 1.29 is 19.0 Å². The van der Waals surface area contributed by atoms with Gasteiger partial charge >= 0.3 is 0 Å². The van der Waals surface area contributed by atoms with Gasteiger partial charge < -0.3 is 24.4 Å². The van der Waals surface area contributed by atoms with Gasteiger partial charge in [-0.3, -0.25) is 4.79 Å². The molecule has 0 atom stereocenters. The van der Waals surface area contributed by atoms with Crippen molar-refractivity contribution in [1.82, 2.24) is 9.88 Å². The van der Waals surface area contributed by atoms with Gasteiger partial charge in [0.25, 0.3) is 5.91 Å². The lowest BCUT2D eigenvalue weighted by atomic mass is 9.98. The first-order valence-electron chi connectivity index (χ1n) is 8.88. The largest absolute Gasteiger partial charge is 0.493 e. The fourth-order valence-electron chi connectivity index (χ4n) is 3.14. The van der Waals surface area contributed by atoms with Crippen LogP contribution < -0.4 is 14.8 Å². The zero-order valence-electron chi connectivity index (χ0n) is 15.9. The number of methoxy groups -OCH3 is 3. The number of aromatic nitrogens is 1. The van der Waals surface area contributed by atoms with Crippen molar-refractivity contribution in [2.75, 3.05) is 46.3 Å². The van der Waals surface area contributed by atoms with Crippen molar-refractivity contribution in [2.45, 2.75) is 13.0 Å². The molecule has 0 unspecified atom stereocenters. The minimum Gasteiger partial charge on any atom is -0.493 e. The summed E-state index contributed by atoms with van der Waals surface area (Å²) >= 11 is 0. The van der Waals surface area contributed by atoms with Crippen LogP contribution in [-0.4, -0.2) is 56.8 Å². The molecule has 1 N–H and O–H groups in total. The van der Waals surface area contributed by atoms with Gasteiger partial charge in [0.1, 0.15) is 5.69 Å². The zero-order chi connectivity index (χ0) is 19.2. The minimum atomic E-state index is -0.0705. The number of anilines is 1. The Morgan fingerprint density at radius 3 is 2.52 bits per heavy atom. The van der Waals surface area contributed by atoms with E-state index >= 15 is 0 Å². The van der Waals surface area contributed by atoms with Crippen molar-refractivity contribution in [1.29, 1.82) is 0 Å². The number of rotatable bonds is 7. The van der Waals surface area contributed by atoms with Gasteiger partial charge in [0.2, 0.25) is 0 Å². The highest BCUT2D eigenvalue weighted by molar-refractivity contribution is 5.92. The molecule has 7 nitrogen and oxygen atoms in total. The molecule has 0 saturated heterocycles. The van der Waals surface area contributed by atoms with Crippen molar-refractivity contribution in [3.05, 3.63) is 47.3 Å². The van der Waals surface area contributed by atoms with Crippen LogP contribution in [0.25, 0.3) is 0 Å². The lowest BCUT2D eigenvalue weighted by molar-refractivity contribution is 0.0728. The van der Waals surface area contributed by atoms with E-state index in [4.69, 9.17) is 14.2 Å². The van der Waals surface area contributed by atoms with Crippen LogP contribution in [-0.2, 0) is 17.7 Å². The molecule has 1 aliphatic heterocycles. The molecule has 2 heterocycles. The van der Waals surface area contributed by atoms with Crippen molar-refractivity contribution in [3.8, 4) is 11.5 Å². The Morgan fingerprint density at radius 2 is 1.89 bits per heavy atom. The van der Waals surface area contributed by atoms with Crippen LogP contribution in [0.5, 0.6) is 11.5 Å². The molecule has 7 heteroatoms. The molecule has 1 aliphatic rings. The van der Waals surface area contributed by atoms with E-state index in [-0.39, 0.29) is 5.91 Å². The molecular weight excluding hydrogens is 346 g/mol. The van der Waals surface area contributed by atoms with Crippen molar-refractivity contribution in [2.24, 2.45) is 0 Å². The summed E-state index contributed by atoms with van der Waals surface area (Å²) in [5.41, 5.74) is 3.56. The van der Waals surface area contributed by atoms with Crippen LogP contribution >= 0.6 is 0 Å². The number of amides is 1. The molecule has 27 heavy (non-hydrogen) atoms. The van der Waals surface area contributed by atoms with Gasteiger partial charge in [-0.2, -0.15) is 0 Å². The molecule has 144 valence electrons. The lowest BCUT2D eigenvalue weighted by Crippen LogP contribution is -2.36. The summed E-state index contributed by atoms with van der Waals surface area (Å²) in [6.45, 7) is 2.49. The van der Waals surface area contributed by atoms with Gasteiger partial charge in [-0.1, -0.05) is 0 Å². The van der Waals surface area contributed by atoms with E-state index in [1.165, 1.54) is 5.56 Å². The Morgan fingerprint density at radius 1 is 1.15 bits per heavy atom. The molecule has 0 saturated carbocycles. The van der Waals surface area contributed by atoms with Crippen molar-refractivity contribution in [3.63, 3.8) is 0 Å². The number of benzene rings is 1. The van der Waals surface area contributed by atoms with Gasteiger partial charge in [0.05, 0.1) is 32.7 Å². The van der Waals surface area contributed by atoms with Crippen LogP contribution in [0.3, 0.4) is 0 Å². The summed E-state index contributed by atoms with van der Waals surface area (Å²) < 4.78 is 15.7. The number of ether oxygens (including phenoxy) is 3. The monoisotopic (exact) mass is 371 g/mol. The van der Waals surface area contributed by atoms with E-state index in [1.807, 2.05) is 23.1 Å². The molecule has 0 radical (unpaired) electrons. The Bertz CT molecular complexity index is 793. The molecule has 0 fully saturated rings. The number of carbonyl (C=O) groups is 1. The van der Waals surface area contributed by atoms with Gasteiger partial charge in [0.15, 0.2) is 11.5 Å². The first-order valence-corrected chi connectivity index (χ1v) is 8.88. The van der Waals surface area contributed by atoms with E-state index < -0.39 is 0 Å². The molecule has 0 bridgehead atoms. The third-order valence-corrected chi connectivity index (χ3v) is 4.62. The third-order valence-electron chi connectivity index (χ3n) is 4.62. The summed E-state index contributed by atoms with van der Waals surface area (Å²) in [4.78, 5) is 19.0. The predicted molar refractivity (Wildman–Crippen MR) is 103 cm³/mol. The number of fused-ring (bicyclic) bond motifs is 1. The van der Waals surface area contributed by atoms with Crippen molar-refractivity contribution >= 4 is 11.6 Å². The molecular formula is C20H25N3O4. The predicted octanol–water partition coefficient (Wildman–Crippen LogP) is 2.36. The maximum Gasteiger partial charge on any atom is 0.272 e. The van der Waals surface area contributed by atoms with Crippen LogP contribution in [0.4, 0.5) is 5.69 Å². The summed E-state index contributed by atoms with van der Waals surface area (Å²) in [5, 5.41) is 3.19. The average Bonchev–Trinajstić information content (AvgIpc) is 2.72. The van der Waals surface area contributed by atoms with E-state index in [0.29, 0.717) is 43.4 Å². The second kappa shape index (κ2) is 8.73. The Hall–Kier alpha value is -2.80. The Labute approximate surface area is 159 Å². The van der Waals surface area contributed by atoms with E-state index in [1.54, 1.807) is 33.6 Å². The number of nitrogens with one attached hydrogen (secondary N) is 1. The van der Waals surface area contributed by atoms with Crippen LogP contribution in [0.15, 0.2) is 30.5 Å². The SMILES string of the molecule is COCCNc1ccc(C(=O)N2CCc3cc(OC)c(OC)cc3C2)nc1. The van der Waals surface area contributed by atoms with Gasteiger partial charge in [-0.25, -0.2) is 4.98 Å². The fourth-order valence-corrected chi connectivity index (χ4v) is 3.14. The fraction of sp³-hybridized carbons (Fsp3) is 0.400. The molecule has 1 aromatic carbocycles. The molecule has 0 spiro atoms. The third kappa shape index (κ3) is 4.31. The first kappa shape index (κ1) is 19.0. The maximum absolute atomic E-state index is 12.8. The summed E-state index contributed by atoms with van der Waals surface area (Å²) in [6.07, 6.45) is 2.45. The smallest absolute Gasteiger partial charge is 0.272 e. The van der Waals surface area contributed by atoms with Gasteiger partial charge in [-0.15, -0.1) is 0 Å². The quantitative estimate of drug-likeness (QED) is 0.754. The average molecular weight is 371 g/mol. The van der Waals surface area contributed by atoms with Gasteiger partial charge in [0, 0.05) is 26.7 Å². The maximum atomic E-state index is 12.8. The zero-order valence-corrected chi connectivity index (χ0v) is 15.9. The van der Waals surface area contributed by atoms with Crippen LogP contribution in [0, 0.1) is 0 Å². The molecule has 2 aromatic rings. The first-order chi connectivity index (χ1) is 13.2. The summed E-state index contributed by atoms with van der Waals surface area (Å²) in [7, 11) is 4.90. The number of carbonyl (C=O) groups excluding carboxylic acids is 1. The van der Waals surface area contributed by atoms with E-state index in [0.717, 1.165) is 17.7 Å². The van der Waals surface area contributed by atoms with Crippen LogP contribution in [0.2, 0.25) is 0 Å². The molecule has 3 rings (SSSR count). The topological polar surface area (TPSA) is 72.9 Å². The molecule has 0 aliphatic carbocycles. The van der Waals surface area contributed by atoms with Crippen LogP contribution in [0.1, 0.15) is 21.6 Å². The minimum absolute atomic E-state index is 0.0705. The highest BCUT2D eigenvalue weighted by atomic mass is 16.5. The van der Waals surface area contributed by atoms with Gasteiger partial charge in [-0.05, 0) is 41.8 Å². The highest BCUT2D eigenvalue weighted by Gasteiger charge is 2.24. The number of hydrogen-bond acceptors (Lipinski definition) is 6. The summed E-state index contributed by atoms with van der Waals surface area (Å²) in [5.74, 6) is 1.32. The summed E-state index contributed by atoms with van der Waals surface area (Å²) in [6, 6.07) is 7.56. The number of hydrogen-bond donors (Lipinski definition) is 1. The number of nitrogens with zero attached hydrogens (tertiary/aromatic N) is 2. The number of pyridine rings is 1. The van der Waals surface area contributed by atoms with E-state index in [9.17, 15) is 4.79 Å². The highest BCUT2D eigenvalue weighted by Crippen LogP contribution is 2.33. The second-order valence-electron chi connectivity index (χ2n) is 6.30. The molecule has 1 amide bonds. The normalized spacial score (nSPS) is 13.1. The lowest BCUT2D eigenvalue weighted by Gasteiger charge is -2.29. The molecule has 1 aromatic heterocycles. The Kier molecular flexibility index (Phi) is 6.13. The Balaban J connectivity index is 1.70.